The molecule has 0 spiro atoms. The van der Waals surface area contributed by atoms with Crippen molar-refractivity contribution in [3.05, 3.63) is 29.1 Å². The lowest BCUT2D eigenvalue weighted by Crippen LogP contribution is -2.42. The topological polar surface area (TPSA) is 72.0 Å². The molecule has 3 rings (SSSR count). The zero-order valence-corrected chi connectivity index (χ0v) is 18.1. The minimum Gasteiger partial charge on any atom is -0.496 e. The number of likely N-dealkylation sites (tertiary alicyclic amines) is 1. The number of thiazole rings is 1. The van der Waals surface area contributed by atoms with Crippen LogP contribution in [0.1, 0.15) is 30.1 Å². The molecule has 29 heavy (non-hydrogen) atoms. The molecule has 156 valence electrons. The summed E-state index contributed by atoms with van der Waals surface area (Å²) in [5.41, 5.74) is 2.11. The van der Waals surface area contributed by atoms with E-state index < -0.39 is 0 Å². The minimum absolute atomic E-state index is 0.0917. The first-order chi connectivity index (χ1) is 13.9. The van der Waals surface area contributed by atoms with Gasteiger partial charge in [-0.15, -0.1) is 11.3 Å². The van der Waals surface area contributed by atoms with Gasteiger partial charge in [-0.25, -0.2) is 4.98 Å². The molecule has 1 fully saturated rings. The molecule has 1 aromatic carbocycles. The van der Waals surface area contributed by atoms with E-state index in [0.717, 1.165) is 29.2 Å². The maximum atomic E-state index is 13.1. The van der Waals surface area contributed by atoms with Crippen LogP contribution in [-0.2, 0) is 9.53 Å². The van der Waals surface area contributed by atoms with Gasteiger partial charge < -0.3 is 19.3 Å². The third-order valence-corrected chi connectivity index (χ3v) is 5.93. The van der Waals surface area contributed by atoms with E-state index in [1.54, 1.807) is 31.1 Å². The molecule has 1 saturated heterocycles. The van der Waals surface area contributed by atoms with Crippen molar-refractivity contribution in [3.63, 3.8) is 0 Å². The van der Waals surface area contributed by atoms with Gasteiger partial charge in [0.05, 0.1) is 25.3 Å². The number of nitrogens with zero attached hydrogens (tertiary/aromatic N) is 3. The Kier molecular flexibility index (Phi) is 6.74. The number of ether oxygens (including phenoxy) is 2. The van der Waals surface area contributed by atoms with Crippen LogP contribution in [0.4, 0.5) is 5.13 Å². The number of rotatable bonds is 6. The zero-order chi connectivity index (χ0) is 21.0. The normalized spacial score (nSPS) is 16.4. The summed E-state index contributed by atoms with van der Waals surface area (Å²) in [6.07, 6.45) is 1.54. The van der Waals surface area contributed by atoms with E-state index in [1.165, 1.54) is 11.3 Å². The fraction of sp³-hybridized carbons (Fsp3) is 0.476. The lowest BCUT2D eigenvalue weighted by Gasteiger charge is -2.31. The van der Waals surface area contributed by atoms with Gasteiger partial charge in [0.25, 0.3) is 5.91 Å². The summed E-state index contributed by atoms with van der Waals surface area (Å²) < 4.78 is 10.6. The summed E-state index contributed by atoms with van der Waals surface area (Å²) in [6, 6.07) is 5.38. The average molecular weight is 418 g/mol. The highest BCUT2D eigenvalue weighted by molar-refractivity contribution is 7.14. The van der Waals surface area contributed by atoms with Crippen LogP contribution < -0.4 is 9.64 Å². The molecule has 0 aliphatic carbocycles. The molecule has 0 bridgehead atoms. The van der Waals surface area contributed by atoms with Gasteiger partial charge in [-0.3, -0.25) is 9.59 Å². The summed E-state index contributed by atoms with van der Waals surface area (Å²) in [6.45, 7) is 3.18. The van der Waals surface area contributed by atoms with Crippen molar-refractivity contribution < 1.29 is 19.1 Å². The molecular weight excluding hydrogens is 390 g/mol. The molecule has 1 aliphatic heterocycles. The van der Waals surface area contributed by atoms with Crippen molar-refractivity contribution in [2.24, 2.45) is 5.92 Å². The molecule has 0 N–H and O–H groups in total. The number of hydrogen-bond acceptors (Lipinski definition) is 7. The lowest BCUT2D eigenvalue weighted by molar-refractivity contribution is -0.149. The van der Waals surface area contributed by atoms with E-state index >= 15 is 0 Å². The third-order valence-electron chi connectivity index (χ3n) is 4.93. The van der Waals surface area contributed by atoms with Crippen molar-refractivity contribution in [2.45, 2.75) is 19.8 Å². The summed E-state index contributed by atoms with van der Waals surface area (Å²) in [5, 5.41) is 2.84. The van der Waals surface area contributed by atoms with E-state index in [-0.39, 0.29) is 17.8 Å². The standard InChI is InChI=1S/C21H27N3O4S/c1-5-28-20(26)15-7-6-10-24(12-15)19(25)14-8-9-18(27-4)16(11-14)17-13-29-21(22-17)23(2)3/h8-9,11,13,15H,5-7,10,12H2,1-4H3. The maximum Gasteiger partial charge on any atom is 0.310 e. The fourth-order valence-corrected chi connectivity index (χ4v) is 4.19. The van der Waals surface area contributed by atoms with E-state index in [2.05, 4.69) is 4.98 Å². The first kappa shape index (κ1) is 21.1. The van der Waals surface area contributed by atoms with Gasteiger partial charge in [-0.2, -0.15) is 0 Å². The number of carbonyl (C=O) groups excluding carboxylic acids is 2. The molecule has 1 atom stereocenters. The van der Waals surface area contributed by atoms with Crippen molar-refractivity contribution in [1.29, 1.82) is 0 Å². The Morgan fingerprint density at radius 3 is 2.79 bits per heavy atom. The molecule has 1 unspecified atom stereocenters. The number of amides is 1. The van der Waals surface area contributed by atoms with Crippen LogP contribution in [-0.4, -0.2) is 62.7 Å². The first-order valence-electron chi connectivity index (χ1n) is 9.71. The monoisotopic (exact) mass is 417 g/mol. The van der Waals surface area contributed by atoms with Crippen LogP contribution in [0.25, 0.3) is 11.3 Å². The molecule has 0 radical (unpaired) electrons. The molecule has 8 heteroatoms. The molecule has 1 aliphatic rings. The smallest absolute Gasteiger partial charge is 0.310 e. The second-order valence-electron chi connectivity index (χ2n) is 7.17. The highest BCUT2D eigenvalue weighted by atomic mass is 32.1. The number of esters is 1. The van der Waals surface area contributed by atoms with E-state index in [9.17, 15) is 9.59 Å². The molecular formula is C21H27N3O4S. The summed E-state index contributed by atoms with van der Waals surface area (Å²) in [5.74, 6) is 0.0943. The van der Waals surface area contributed by atoms with Crippen LogP contribution in [0.15, 0.2) is 23.6 Å². The minimum atomic E-state index is -0.258. The molecule has 7 nitrogen and oxygen atoms in total. The van der Waals surface area contributed by atoms with E-state index in [4.69, 9.17) is 9.47 Å². The largest absolute Gasteiger partial charge is 0.496 e. The van der Waals surface area contributed by atoms with Crippen molar-refractivity contribution in [3.8, 4) is 17.0 Å². The van der Waals surface area contributed by atoms with E-state index in [1.807, 2.05) is 30.4 Å². The Morgan fingerprint density at radius 1 is 1.34 bits per heavy atom. The van der Waals surface area contributed by atoms with Gasteiger partial charge in [-0.1, -0.05) is 0 Å². The van der Waals surface area contributed by atoms with E-state index in [0.29, 0.717) is 31.0 Å². The molecule has 2 aromatic rings. The summed E-state index contributed by atoms with van der Waals surface area (Å²) in [4.78, 5) is 33.5. The predicted molar refractivity (Wildman–Crippen MR) is 114 cm³/mol. The van der Waals surface area contributed by atoms with Crippen LogP contribution in [0.5, 0.6) is 5.75 Å². The molecule has 0 saturated carbocycles. The number of methoxy groups -OCH3 is 1. The van der Waals surface area contributed by atoms with Crippen molar-refractivity contribution in [2.75, 3.05) is 45.8 Å². The van der Waals surface area contributed by atoms with Gasteiger partial charge in [0.15, 0.2) is 5.13 Å². The Balaban J connectivity index is 1.84. The number of hydrogen-bond donors (Lipinski definition) is 0. The van der Waals surface area contributed by atoms with Gasteiger partial charge in [-0.05, 0) is 38.0 Å². The second-order valence-corrected chi connectivity index (χ2v) is 8.00. The first-order valence-corrected chi connectivity index (χ1v) is 10.6. The summed E-state index contributed by atoms with van der Waals surface area (Å²) >= 11 is 1.53. The van der Waals surface area contributed by atoms with Gasteiger partial charge >= 0.3 is 5.97 Å². The second kappa shape index (κ2) is 9.26. The SMILES string of the molecule is CCOC(=O)C1CCCN(C(=O)c2ccc(OC)c(-c3csc(N(C)C)n3)c2)C1. The van der Waals surface area contributed by atoms with Gasteiger partial charge in [0.1, 0.15) is 5.75 Å². The van der Waals surface area contributed by atoms with Crippen LogP contribution in [0.3, 0.4) is 0 Å². The number of aromatic nitrogens is 1. The lowest BCUT2D eigenvalue weighted by atomic mass is 9.97. The molecule has 1 amide bonds. The van der Waals surface area contributed by atoms with Crippen molar-refractivity contribution in [1.82, 2.24) is 9.88 Å². The van der Waals surface area contributed by atoms with Crippen LogP contribution in [0.2, 0.25) is 0 Å². The quantitative estimate of drug-likeness (QED) is 0.672. The van der Waals surface area contributed by atoms with Crippen LogP contribution in [0, 0.1) is 5.92 Å². The number of carbonyl (C=O) groups is 2. The predicted octanol–water partition coefficient (Wildman–Crippen LogP) is 3.30. The Labute approximate surface area is 175 Å². The third kappa shape index (κ3) is 4.70. The maximum absolute atomic E-state index is 13.1. The summed E-state index contributed by atoms with van der Waals surface area (Å²) in [7, 11) is 5.49. The zero-order valence-electron chi connectivity index (χ0n) is 17.3. The molecule has 1 aromatic heterocycles. The number of benzene rings is 1. The van der Waals surface area contributed by atoms with Gasteiger partial charge in [0, 0.05) is 43.7 Å². The Bertz CT molecular complexity index is 881. The highest BCUT2D eigenvalue weighted by Crippen LogP contribution is 2.34. The average Bonchev–Trinajstić information content (AvgIpc) is 3.23. The van der Waals surface area contributed by atoms with Crippen LogP contribution >= 0.6 is 11.3 Å². The van der Waals surface area contributed by atoms with Gasteiger partial charge in [0.2, 0.25) is 0 Å². The van der Waals surface area contributed by atoms with Crippen molar-refractivity contribution >= 4 is 28.3 Å². The number of piperidine rings is 1. The highest BCUT2D eigenvalue weighted by Gasteiger charge is 2.30. The Hall–Kier alpha value is -2.61. The molecule has 2 heterocycles. The Morgan fingerprint density at radius 2 is 2.14 bits per heavy atom. The fourth-order valence-electron chi connectivity index (χ4n) is 3.43. The number of anilines is 1.